The Morgan fingerprint density at radius 3 is 2.75 bits per heavy atom. The largest absolute Gasteiger partial charge is 0.461 e. The molecule has 0 saturated carbocycles. The predicted octanol–water partition coefficient (Wildman–Crippen LogP) is 5.19. The highest BCUT2D eigenvalue weighted by Gasteiger charge is 2.19. The Morgan fingerprint density at radius 1 is 1.14 bits per heavy atom. The van der Waals surface area contributed by atoms with Gasteiger partial charge in [-0.05, 0) is 30.2 Å². The molecule has 0 bridgehead atoms. The molecular formula is C19H18ClN5O2S. The zero-order chi connectivity index (χ0) is 19.5. The third-order valence-electron chi connectivity index (χ3n) is 3.91. The van der Waals surface area contributed by atoms with Crippen molar-refractivity contribution in [2.75, 3.05) is 0 Å². The molecular weight excluding hydrogens is 398 g/mol. The van der Waals surface area contributed by atoms with Gasteiger partial charge in [0.2, 0.25) is 0 Å². The number of thioether (sulfide) groups is 1. The van der Waals surface area contributed by atoms with E-state index in [-0.39, 0.29) is 0 Å². The number of hydrogen-bond acceptors (Lipinski definition) is 7. The standard InChI is InChI=1S/C19H18ClN5O2S/c1-12(2)10-25-17(15-8-5-9-26-15)22-23-19(25)28-11-16-21-18(27-24-16)13-6-3-4-7-14(13)20/h3-9,12H,10-11H2,1-2H3. The van der Waals surface area contributed by atoms with Crippen LogP contribution in [-0.2, 0) is 12.3 Å². The van der Waals surface area contributed by atoms with Crippen LogP contribution in [0.1, 0.15) is 19.7 Å². The van der Waals surface area contributed by atoms with Crippen molar-refractivity contribution in [1.82, 2.24) is 24.9 Å². The minimum atomic E-state index is 0.404. The number of hydrogen-bond donors (Lipinski definition) is 0. The summed E-state index contributed by atoms with van der Waals surface area (Å²) in [6.45, 7) is 5.08. The number of benzene rings is 1. The topological polar surface area (TPSA) is 82.8 Å². The van der Waals surface area contributed by atoms with Crippen LogP contribution < -0.4 is 0 Å². The highest BCUT2D eigenvalue weighted by molar-refractivity contribution is 7.98. The molecule has 0 radical (unpaired) electrons. The second-order valence-corrected chi connectivity index (χ2v) is 7.92. The van der Waals surface area contributed by atoms with Gasteiger partial charge in [0.05, 0.1) is 22.6 Å². The van der Waals surface area contributed by atoms with Gasteiger partial charge in [0.15, 0.2) is 22.6 Å². The van der Waals surface area contributed by atoms with Gasteiger partial charge >= 0.3 is 0 Å². The number of halogens is 1. The molecule has 0 aliphatic rings. The highest BCUT2D eigenvalue weighted by Crippen LogP contribution is 2.29. The molecule has 0 N–H and O–H groups in total. The van der Waals surface area contributed by atoms with Crippen molar-refractivity contribution in [3.8, 4) is 23.0 Å². The summed E-state index contributed by atoms with van der Waals surface area (Å²) in [5, 5.41) is 14.0. The Hall–Kier alpha value is -2.58. The molecule has 7 nitrogen and oxygen atoms in total. The quantitative estimate of drug-likeness (QED) is 0.384. The maximum Gasteiger partial charge on any atom is 0.259 e. The number of nitrogens with zero attached hydrogens (tertiary/aromatic N) is 5. The SMILES string of the molecule is CC(C)Cn1c(SCc2noc(-c3ccccc3Cl)n2)nnc1-c1ccco1. The molecule has 4 aromatic rings. The van der Waals surface area contributed by atoms with E-state index < -0.39 is 0 Å². The van der Waals surface area contributed by atoms with Gasteiger partial charge in [-0.15, -0.1) is 10.2 Å². The van der Waals surface area contributed by atoms with E-state index >= 15 is 0 Å². The van der Waals surface area contributed by atoms with E-state index in [1.165, 1.54) is 11.8 Å². The summed E-state index contributed by atoms with van der Waals surface area (Å²) in [6.07, 6.45) is 1.63. The van der Waals surface area contributed by atoms with Gasteiger partial charge in [-0.2, -0.15) is 4.98 Å². The zero-order valence-corrected chi connectivity index (χ0v) is 16.9. The van der Waals surface area contributed by atoms with Crippen LogP contribution in [0.3, 0.4) is 0 Å². The summed E-state index contributed by atoms with van der Waals surface area (Å²) in [5.74, 6) is 3.31. The molecule has 3 heterocycles. The number of aromatic nitrogens is 5. The fourth-order valence-electron chi connectivity index (χ4n) is 2.70. The predicted molar refractivity (Wildman–Crippen MR) is 107 cm³/mol. The molecule has 0 saturated heterocycles. The van der Waals surface area contributed by atoms with Crippen molar-refractivity contribution in [3.63, 3.8) is 0 Å². The maximum atomic E-state index is 6.20. The summed E-state index contributed by atoms with van der Waals surface area (Å²) in [5.41, 5.74) is 0.719. The third-order valence-corrected chi connectivity index (χ3v) is 5.20. The Bertz CT molecular complexity index is 1060. The van der Waals surface area contributed by atoms with E-state index in [0.29, 0.717) is 40.0 Å². The molecule has 0 atom stereocenters. The van der Waals surface area contributed by atoms with Gasteiger partial charge in [-0.25, -0.2) is 0 Å². The number of rotatable bonds is 7. The van der Waals surface area contributed by atoms with Crippen molar-refractivity contribution in [3.05, 3.63) is 53.5 Å². The minimum Gasteiger partial charge on any atom is -0.461 e. The van der Waals surface area contributed by atoms with Gasteiger partial charge in [0.1, 0.15) is 0 Å². The van der Waals surface area contributed by atoms with Crippen LogP contribution in [0.15, 0.2) is 56.8 Å². The van der Waals surface area contributed by atoms with Gasteiger partial charge in [-0.1, -0.05) is 54.5 Å². The molecule has 4 rings (SSSR count). The third kappa shape index (κ3) is 3.98. The van der Waals surface area contributed by atoms with E-state index in [1.807, 2.05) is 30.3 Å². The fraction of sp³-hybridized carbons (Fsp3) is 0.263. The van der Waals surface area contributed by atoms with Gasteiger partial charge in [-0.3, -0.25) is 4.57 Å². The second-order valence-electron chi connectivity index (χ2n) is 6.57. The Balaban J connectivity index is 1.53. The average Bonchev–Trinajstić information content (AvgIpc) is 3.41. The van der Waals surface area contributed by atoms with Gasteiger partial charge in [0.25, 0.3) is 5.89 Å². The van der Waals surface area contributed by atoms with Crippen molar-refractivity contribution in [1.29, 1.82) is 0 Å². The smallest absolute Gasteiger partial charge is 0.259 e. The summed E-state index contributed by atoms with van der Waals surface area (Å²) in [4.78, 5) is 4.44. The molecule has 0 spiro atoms. The molecule has 28 heavy (non-hydrogen) atoms. The molecule has 0 amide bonds. The normalized spacial score (nSPS) is 11.4. The first-order chi connectivity index (χ1) is 13.6. The first kappa shape index (κ1) is 18.8. The zero-order valence-electron chi connectivity index (χ0n) is 15.4. The van der Waals surface area contributed by atoms with Crippen molar-refractivity contribution in [2.24, 2.45) is 5.92 Å². The highest BCUT2D eigenvalue weighted by atomic mass is 35.5. The summed E-state index contributed by atoms with van der Waals surface area (Å²) < 4.78 is 12.9. The fourth-order valence-corrected chi connectivity index (χ4v) is 3.71. The summed E-state index contributed by atoms with van der Waals surface area (Å²) in [7, 11) is 0. The van der Waals surface area contributed by atoms with Crippen LogP contribution in [-0.4, -0.2) is 24.9 Å². The number of furan rings is 1. The molecule has 1 aromatic carbocycles. The monoisotopic (exact) mass is 415 g/mol. The van der Waals surface area contributed by atoms with Crippen LogP contribution in [0.5, 0.6) is 0 Å². The molecule has 144 valence electrons. The van der Waals surface area contributed by atoms with Crippen molar-refractivity contribution >= 4 is 23.4 Å². The van der Waals surface area contributed by atoms with E-state index in [4.69, 9.17) is 20.5 Å². The minimum absolute atomic E-state index is 0.404. The van der Waals surface area contributed by atoms with E-state index in [9.17, 15) is 0 Å². The van der Waals surface area contributed by atoms with Crippen molar-refractivity contribution < 1.29 is 8.94 Å². The molecule has 0 aliphatic heterocycles. The molecule has 9 heteroatoms. The van der Waals surface area contributed by atoms with Crippen LogP contribution in [0.4, 0.5) is 0 Å². The summed E-state index contributed by atoms with van der Waals surface area (Å²) in [6, 6.07) is 11.1. The van der Waals surface area contributed by atoms with E-state index in [0.717, 1.165) is 17.3 Å². The van der Waals surface area contributed by atoms with E-state index in [1.54, 1.807) is 12.3 Å². The lowest BCUT2D eigenvalue weighted by atomic mass is 10.2. The lowest BCUT2D eigenvalue weighted by Gasteiger charge is -2.10. The Morgan fingerprint density at radius 2 is 2.00 bits per heavy atom. The Kier molecular flexibility index (Phi) is 5.50. The first-order valence-electron chi connectivity index (χ1n) is 8.79. The van der Waals surface area contributed by atoms with Crippen LogP contribution >= 0.6 is 23.4 Å². The first-order valence-corrected chi connectivity index (χ1v) is 10.2. The molecule has 0 aliphatic carbocycles. The van der Waals surface area contributed by atoms with Crippen LogP contribution in [0.2, 0.25) is 5.02 Å². The lowest BCUT2D eigenvalue weighted by molar-refractivity contribution is 0.425. The van der Waals surface area contributed by atoms with Crippen LogP contribution in [0.25, 0.3) is 23.0 Å². The Labute approximate surface area is 171 Å². The van der Waals surface area contributed by atoms with Gasteiger partial charge in [0, 0.05) is 6.54 Å². The van der Waals surface area contributed by atoms with Crippen LogP contribution in [0, 0.1) is 5.92 Å². The van der Waals surface area contributed by atoms with E-state index in [2.05, 4.69) is 38.8 Å². The molecule has 0 fully saturated rings. The lowest BCUT2D eigenvalue weighted by Crippen LogP contribution is -2.07. The summed E-state index contributed by atoms with van der Waals surface area (Å²) >= 11 is 7.70. The second kappa shape index (κ2) is 8.20. The molecule has 0 unspecified atom stereocenters. The average molecular weight is 416 g/mol. The van der Waals surface area contributed by atoms with Crippen molar-refractivity contribution in [2.45, 2.75) is 31.3 Å². The maximum absolute atomic E-state index is 6.20. The molecule has 3 aromatic heterocycles. The van der Waals surface area contributed by atoms with Gasteiger partial charge < -0.3 is 8.94 Å².